The van der Waals surface area contributed by atoms with Crippen LogP contribution in [0, 0.1) is 11.3 Å². The Kier molecular flexibility index (Phi) is 3.34. The monoisotopic (exact) mass is 375 g/mol. The molecule has 0 saturated heterocycles. The first-order chi connectivity index (χ1) is 13.0. The topological polar surface area (TPSA) is 82.8 Å². The summed E-state index contributed by atoms with van der Waals surface area (Å²) in [5.41, 5.74) is 3.63. The summed E-state index contributed by atoms with van der Waals surface area (Å²) in [6.07, 6.45) is 3.97. The minimum atomic E-state index is -3.25. The normalized spacial score (nSPS) is 18.6. The van der Waals surface area contributed by atoms with Gasteiger partial charge >= 0.3 is 0 Å². The summed E-state index contributed by atoms with van der Waals surface area (Å²) in [6.45, 7) is 0. The molecule has 1 aliphatic heterocycles. The van der Waals surface area contributed by atoms with Crippen molar-refractivity contribution in [3.8, 4) is 6.07 Å². The van der Waals surface area contributed by atoms with Crippen LogP contribution in [0.2, 0.25) is 0 Å². The van der Waals surface area contributed by atoms with Crippen LogP contribution in [0.4, 0.5) is 5.69 Å². The number of aryl methyl sites for hydroxylation is 1. The maximum Gasteiger partial charge on any atom is 0.179 e. The fourth-order valence-corrected chi connectivity index (χ4v) is 5.59. The molecular weight excluding hydrogens is 358 g/mol. The van der Waals surface area contributed by atoms with Crippen LogP contribution < -0.4 is 5.32 Å². The second-order valence-corrected chi connectivity index (χ2v) is 9.31. The highest BCUT2D eigenvalue weighted by atomic mass is 32.2. The van der Waals surface area contributed by atoms with Gasteiger partial charge in [-0.25, -0.2) is 8.42 Å². The molecule has 0 amide bonds. The van der Waals surface area contributed by atoms with Gasteiger partial charge in [0, 0.05) is 11.6 Å². The van der Waals surface area contributed by atoms with Crippen molar-refractivity contribution in [2.24, 2.45) is 0 Å². The Bertz CT molecular complexity index is 1220. The van der Waals surface area contributed by atoms with E-state index < -0.39 is 9.84 Å². The smallest absolute Gasteiger partial charge is 0.179 e. The van der Waals surface area contributed by atoms with Crippen LogP contribution in [0.5, 0.6) is 0 Å². The molecule has 0 radical (unpaired) electrons. The van der Waals surface area contributed by atoms with Crippen LogP contribution in [0.25, 0.3) is 10.9 Å². The zero-order valence-electron chi connectivity index (χ0n) is 14.6. The average Bonchev–Trinajstić information content (AvgIpc) is 3.40. The third-order valence-corrected chi connectivity index (χ3v) is 7.41. The molecular formula is C21H17N3O2S. The van der Waals surface area contributed by atoms with Gasteiger partial charge in [0.05, 0.1) is 33.0 Å². The highest BCUT2D eigenvalue weighted by molar-refractivity contribution is 7.91. The van der Waals surface area contributed by atoms with Crippen molar-refractivity contribution in [1.82, 2.24) is 4.98 Å². The standard InChI is InChI=1S/C21H17N3O2S/c22-12-14-13-23-17-6-7-18-16(8-11-27(18,25)26)19(17)20(14)24-21(9-10-21)15-4-2-1-3-5-15/h1-7,13H,8-11H2,(H,23,24). The predicted octanol–water partition coefficient (Wildman–Crippen LogP) is 3.54. The SMILES string of the molecule is N#Cc1cnc2ccc3c(c2c1NC1(c2ccccc2)CC1)CCS3(=O)=O. The predicted molar refractivity (Wildman–Crippen MR) is 103 cm³/mol. The molecule has 6 heteroatoms. The lowest BCUT2D eigenvalue weighted by atomic mass is 9.99. The van der Waals surface area contributed by atoms with E-state index in [1.807, 2.05) is 18.2 Å². The first-order valence-corrected chi connectivity index (χ1v) is 10.6. The van der Waals surface area contributed by atoms with Crippen molar-refractivity contribution in [2.75, 3.05) is 11.1 Å². The number of hydrogen-bond acceptors (Lipinski definition) is 5. The number of fused-ring (bicyclic) bond motifs is 3. The average molecular weight is 375 g/mol. The molecule has 134 valence electrons. The summed E-state index contributed by atoms with van der Waals surface area (Å²) in [6, 6.07) is 15.8. The number of nitrogens with one attached hydrogen (secondary N) is 1. The van der Waals surface area contributed by atoms with Crippen LogP contribution in [-0.4, -0.2) is 19.2 Å². The van der Waals surface area contributed by atoms with Gasteiger partial charge in [0.2, 0.25) is 0 Å². The Morgan fingerprint density at radius 3 is 2.59 bits per heavy atom. The highest BCUT2D eigenvalue weighted by Crippen LogP contribution is 2.50. The van der Waals surface area contributed by atoms with Crippen molar-refractivity contribution in [1.29, 1.82) is 5.26 Å². The van der Waals surface area contributed by atoms with Gasteiger partial charge in [-0.3, -0.25) is 4.98 Å². The lowest BCUT2D eigenvalue weighted by Gasteiger charge is -2.22. The first kappa shape index (κ1) is 16.3. The van der Waals surface area contributed by atoms with Gasteiger partial charge in [0.25, 0.3) is 0 Å². The van der Waals surface area contributed by atoms with E-state index in [9.17, 15) is 13.7 Å². The fourth-order valence-electron chi connectivity index (χ4n) is 4.04. The van der Waals surface area contributed by atoms with E-state index >= 15 is 0 Å². The molecule has 0 bridgehead atoms. The van der Waals surface area contributed by atoms with E-state index in [0.717, 1.165) is 29.3 Å². The molecule has 0 atom stereocenters. The molecule has 5 rings (SSSR count). The Hall–Kier alpha value is -2.91. The number of nitrogens with zero attached hydrogens (tertiary/aromatic N) is 2. The maximum atomic E-state index is 12.4. The third kappa shape index (κ3) is 2.42. The molecule has 1 aliphatic carbocycles. The van der Waals surface area contributed by atoms with Crippen molar-refractivity contribution in [3.05, 3.63) is 65.4 Å². The van der Waals surface area contributed by atoms with E-state index in [1.165, 1.54) is 5.56 Å². The second kappa shape index (κ2) is 5.54. The number of sulfone groups is 1. The van der Waals surface area contributed by atoms with Crippen molar-refractivity contribution >= 4 is 26.4 Å². The molecule has 0 unspecified atom stereocenters. The molecule has 1 N–H and O–H groups in total. The van der Waals surface area contributed by atoms with Crippen molar-refractivity contribution in [3.63, 3.8) is 0 Å². The summed E-state index contributed by atoms with van der Waals surface area (Å²) in [5.74, 6) is 0.113. The highest BCUT2D eigenvalue weighted by Gasteiger charge is 2.45. The van der Waals surface area contributed by atoms with E-state index in [2.05, 4.69) is 28.5 Å². The number of pyridine rings is 1. The van der Waals surface area contributed by atoms with Gasteiger partial charge in [-0.2, -0.15) is 5.26 Å². The number of anilines is 1. The zero-order valence-corrected chi connectivity index (χ0v) is 15.4. The first-order valence-electron chi connectivity index (χ1n) is 8.95. The Labute approximate surface area is 157 Å². The fraction of sp³-hybridized carbons (Fsp3) is 0.238. The largest absolute Gasteiger partial charge is 0.374 e. The number of hydrogen-bond donors (Lipinski definition) is 1. The summed E-state index contributed by atoms with van der Waals surface area (Å²) >= 11 is 0. The molecule has 2 heterocycles. The lowest BCUT2D eigenvalue weighted by Crippen LogP contribution is -2.20. The summed E-state index contributed by atoms with van der Waals surface area (Å²) < 4.78 is 24.8. The van der Waals surface area contributed by atoms with Crippen LogP contribution in [0.15, 0.2) is 53.6 Å². The second-order valence-electron chi connectivity index (χ2n) is 7.24. The molecule has 1 saturated carbocycles. The summed E-state index contributed by atoms with van der Waals surface area (Å²) in [7, 11) is -3.25. The van der Waals surface area contributed by atoms with E-state index in [4.69, 9.17) is 0 Å². The molecule has 1 fully saturated rings. The minimum Gasteiger partial charge on any atom is -0.374 e. The van der Waals surface area contributed by atoms with Gasteiger partial charge in [0.1, 0.15) is 6.07 Å². The van der Waals surface area contributed by atoms with E-state index in [0.29, 0.717) is 22.6 Å². The molecule has 27 heavy (non-hydrogen) atoms. The molecule has 1 aromatic heterocycles. The number of rotatable bonds is 3. The molecule has 0 spiro atoms. The van der Waals surface area contributed by atoms with Gasteiger partial charge in [-0.05, 0) is 42.5 Å². The van der Waals surface area contributed by atoms with Crippen LogP contribution >= 0.6 is 0 Å². The molecule has 5 nitrogen and oxygen atoms in total. The molecule has 2 aromatic carbocycles. The van der Waals surface area contributed by atoms with Crippen LogP contribution in [-0.2, 0) is 21.8 Å². The maximum absolute atomic E-state index is 12.4. The van der Waals surface area contributed by atoms with Crippen LogP contribution in [0.3, 0.4) is 0 Å². The lowest BCUT2D eigenvalue weighted by molar-refractivity contribution is 0.600. The molecule has 3 aromatic rings. The Morgan fingerprint density at radius 2 is 1.89 bits per heavy atom. The van der Waals surface area contributed by atoms with Crippen molar-refractivity contribution < 1.29 is 8.42 Å². The van der Waals surface area contributed by atoms with Gasteiger partial charge < -0.3 is 5.32 Å². The summed E-state index contributed by atoms with van der Waals surface area (Å²) in [4.78, 5) is 4.78. The molecule has 2 aliphatic rings. The van der Waals surface area contributed by atoms with Crippen molar-refractivity contribution in [2.45, 2.75) is 29.7 Å². The Morgan fingerprint density at radius 1 is 1.11 bits per heavy atom. The van der Waals surface area contributed by atoms with Crippen LogP contribution in [0.1, 0.15) is 29.5 Å². The zero-order chi connectivity index (χ0) is 18.6. The quantitative estimate of drug-likeness (QED) is 0.757. The number of aromatic nitrogens is 1. The van der Waals surface area contributed by atoms with E-state index in [-0.39, 0.29) is 11.3 Å². The van der Waals surface area contributed by atoms with Gasteiger partial charge in [0.15, 0.2) is 9.84 Å². The third-order valence-electron chi connectivity index (χ3n) is 5.62. The summed E-state index contributed by atoms with van der Waals surface area (Å²) in [5, 5.41) is 14.0. The van der Waals surface area contributed by atoms with E-state index in [1.54, 1.807) is 18.3 Å². The van der Waals surface area contributed by atoms with Gasteiger partial charge in [-0.1, -0.05) is 30.3 Å². The Balaban J connectivity index is 1.75. The van der Waals surface area contributed by atoms with Gasteiger partial charge in [-0.15, -0.1) is 0 Å². The number of nitriles is 1. The number of benzene rings is 2. The minimum absolute atomic E-state index is 0.113.